The maximum atomic E-state index is 13.5. The Labute approximate surface area is 140 Å². The summed E-state index contributed by atoms with van der Waals surface area (Å²) in [5.74, 6) is -0.938. The van der Waals surface area contributed by atoms with E-state index >= 15 is 0 Å². The van der Waals surface area contributed by atoms with Crippen molar-refractivity contribution in [3.63, 3.8) is 0 Å². The lowest BCUT2D eigenvalue weighted by atomic mass is 10.0. The van der Waals surface area contributed by atoms with Crippen LogP contribution in [-0.4, -0.2) is 35.3 Å². The van der Waals surface area contributed by atoms with Crippen LogP contribution in [0.5, 0.6) is 0 Å². The second-order valence-corrected chi connectivity index (χ2v) is 6.42. The Kier molecular flexibility index (Phi) is 5.54. The minimum atomic E-state index is -0.573. The molecule has 1 unspecified atom stereocenters. The Balaban J connectivity index is 1.88. The van der Waals surface area contributed by atoms with Gasteiger partial charge in [0.05, 0.1) is 0 Å². The maximum Gasteiger partial charge on any atom is 0.325 e. The second kappa shape index (κ2) is 7.42. The molecule has 7 heteroatoms. The number of imide groups is 1. The molecule has 2 N–H and O–H groups in total. The lowest BCUT2D eigenvalue weighted by Gasteiger charge is -2.14. The molecule has 130 valence electrons. The van der Waals surface area contributed by atoms with Crippen molar-refractivity contribution in [1.82, 2.24) is 15.5 Å². The van der Waals surface area contributed by atoms with Crippen molar-refractivity contribution in [2.45, 2.75) is 39.8 Å². The van der Waals surface area contributed by atoms with Crippen LogP contribution in [0.4, 0.5) is 9.18 Å². The second-order valence-electron chi connectivity index (χ2n) is 6.42. The van der Waals surface area contributed by atoms with E-state index in [-0.39, 0.29) is 30.7 Å². The number of halogens is 1. The molecule has 0 bridgehead atoms. The average molecular weight is 335 g/mol. The van der Waals surface area contributed by atoms with E-state index in [1.54, 1.807) is 19.1 Å². The standard InChI is InChI=1S/C17H22FN3O3/c1-10(2)6-14-16(23)21(17(24)20-14)9-15(22)19-8-12-5-4-11(3)13(18)7-12/h4-5,7,10,14H,6,8-9H2,1-3H3,(H,19,22)(H,20,24). The van der Waals surface area contributed by atoms with Gasteiger partial charge in [0, 0.05) is 6.54 Å². The molecule has 1 fully saturated rings. The fourth-order valence-corrected chi connectivity index (χ4v) is 2.50. The van der Waals surface area contributed by atoms with Crippen molar-refractivity contribution in [3.05, 3.63) is 35.1 Å². The highest BCUT2D eigenvalue weighted by Crippen LogP contribution is 2.14. The normalized spacial score (nSPS) is 17.4. The van der Waals surface area contributed by atoms with E-state index in [9.17, 15) is 18.8 Å². The summed E-state index contributed by atoms with van der Waals surface area (Å²) in [5.41, 5.74) is 1.14. The summed E-state index contributed by atoms with van der Waals surface area (Å²) in [6, 6.07) is 3.57. The molecule has 2 rings (SSSR count). The molecule has 6 nitrogen and oxygen atoms in total. The molecule has 1 aromatic rings. The zero-order valence-corrected chi connectivity index (χ0v) is 14.1. The van der Waals surface area contributed by atoms with Crippen LogP contribution in [0.1, 0.15) is 31.4 Å². The van der Waals surface area contributed by atoms with Crippen molar-refractivity contribution in [3.8, 4) is 0 Å². The largest absolute Gasteiger partial charge is 0.350 e. The Bertz CT molecular complexity index is 660. The third kappa shape index (κ3) is 4.31. The number of hydrogen-bond acceptors (Lipinski definition) is 3. The summed E-state index contributed by atoms with van der Waals surface area (Å²) in [7, 11) is 0. The van der Waals surface area contributed by atoms with Crippen LogP contribution < -0.4 is 10.6 Å². The van der Waals surface area contributed by atoms with Gasteiger partial charge in [-0.25, -0.2) is 9.18 Å². The smallest absolute Gasteiger partial charge is 0.325 e. The number of rotatable bonds is 6. The minimum Gasteiger partial charge on any atom is -0.350 e. The molecule has 1 aliphatic rings. The fraction of sp³-hybridized carbons (Fsp3) is 0.471. The predicted octanol–water partition coefficient (Wildman–Crippen LogP) is 1.72. The van der Waals surface area contributed by atoms with Gasteiger partial charge in [0.15, 0.2) is 0 Å². The molecular weight excluding hydrogens is 313 g/mol. The van der Waals surface area contributed by atoms with Gasteiger partial charge in [-0.1, -0.05) is 26.0 Å². The Morgan fingerprint density at radius 2 is 2.08 bits per heavy atom. The molecule has 1 heterocycles. The fourth-order valence-electron chi connectivity index (χ4n) is 2.50. The van der Waals surface area contributed by atoms with E-state index in [2.05, 4.69) is 10.6 Å². The Morgan fingerprint density at radius 3 is 2.71 bits per heavy atom. The number of nitrogens with zero attached hydrogens (tertiary/aromatic N) is 1. The summed E-state index contributed by atoms with van der Waals surface area (Å²) in [4.78, 5) is 36.9. The van der Waals surface area contributed by atoms with Crippen LogP contribution in [0.2, 0.25) is 0 Å². The zero-order valence-electron chi connectivity index (χ0n) is 14.1. The number of carbonyl (C=O) groups excluding carboxylic acids is 3. The topological polar surface area (TPSA) is 78.5 Å². The summed E-state index contributed by atoms with van der Waals surface area (Å²) in [6.07, 6.45) is 0.533. The molecule has 1 saturated heterocycles. The van der Waals surface area contributed by atoms with Gasteiger partial charge in [0.1, 0.15) is 18.4 Å². The predicted molar refractivity (Wildman–Crippen MR) is 86.5 cm³/mol. The van der Waals surface area contributed by atoms with Gasteiger partial charge in [0.25, 0.3) is 5.91 Å². The van der Waals surface area contributed by atoms with Crippen molar-refractivity contribution in [2.75, 3.05) is 6.54 Å². The van der Waals surface area contributed by atoms with Crippen LogP contribution in [0, 0.1) is 18.7 Å². The Hall–Kier alpha value is -2.44. The van der Waals surface area contributed by atoms with Gasteiger partial charge in [-0.3, -0.25) is 14.5 Å². The number of hydrogen-bond donors (Lipinski definition) is 2. The van der Waals surface area contributed by atoms with E-state index in [1.807, 2.05) is 13.8 Å². The number of aryl methyl sites for hydroxylation is 1. The van der Waals surface area contributed by atoms with E-state index in [0.29, 0.717) is 17.5 Å². The van der Waals surface area contributed by atoms with E-state index in [0.717, 1.165) is 4.90 Å². The average Bonchev–Trinajstić information content (AvgIpc) is 2.75. The van der Waals surface area contributed by atoms with Gasteiger partial charge in [-0.15, -0.1) is 0 Å². The van der Waals surface area contributed by atoms with Crippen LogP contribution >= 0.6 is 0 Å². The van der Waals surface area contributed by atoms with Gasteiger partial charge in [-0.05, 0) is 36.5 Å². The molecule has 0 aromatic heterocycles. The van der Waals surface area contributed by atoms with Gasteiger partial charge in [0.2, 0.25) is 5.91 Å². The molecule has 0 radical (unpaired) electrons. The van der Waals surface area contributed by atoms with Gasteiger partial charge < -0.3 is 10.6 Å². The molecule has 0 spiro atoms. The van der Waals surface area contributed by atoms with Crippen LogP contribution in [0.15, 0.2) is 18.2 Å². The maximum absolute atomic E-state index is 13.5. The molecule has 24 heavy (non-hydrogen) atoms. The van der Waals surface area contributed by atoms with Crippen LogP contribution in [0.3, 0.4) is 0 Å². The highest BCUT2D eigenvalue weighted by Gasteiger charge is 2.38. The highest BCUT2D eigenvalue weighted by molar-refractivity contribution is 6.06. The summed E-state index contributed by atoms with van der Waals surface area (Å²) in [5, 5.41) is 5.18. The lowest BCUT2D eigenvalue weighted by molar-refractivity contribution is -0.132. The van der Waals surface area contributed by atoms with E-state index in [1.165, 1.54) is 6.07 Å². The molecule has 1 atom stereocenters. The molecule has 1 aromatic carbocycles. The highest BCUT2D eigenvalue weighted by atomic mass is 19.1. The first-order chi connectivity index (χ1) is 11.3. The number of benzene rings is 1. The molecule has 1 aliphatic heterocycles. The van der Waals surface area contributed by atoms with Crippen molar-refractivity contribution in [1.29, 1.82) is 0 Å². The minimum absolute atomic E-state index is 0.134. The van der Waals surface area contributed by atoms with Gasteiger partial charge >= 0.3 is 6.03 Å². The number of nitrogens with one attached hydrogen (secondary N) is 2. The lowest BCUT2D eigenvalue weighted by Crippen LogP contribution is -2.41. The summed E-state index contributed by atoms with van der Waals surface area (Å²) in [6.45, 7) is 5.36. The zero-order chi connectivity index (χ0) is 17.9. The Morgan fingerprint density at radius 1 is 1.38 bits per heavy atom. The summed E-state index contributed by atoms with van der Waals surface area (Å²) >= 11 is 0. The molecule has 0 aliphatic carbocycles. The molecule has 0 saturated carbocycles. The van der Waals surface area contributed by atoms with Crippen LogP contribution in [0.25, 0.3) is 0 Å². The first kappa shape index (κ1) is 17.9. The van der Waals surface area contributed by atoms with Crippen molar-refractivity contribution in [2.24, 2.45) is 5.92 Å². The first-order valence-electron chi connectivity index (χ1n) is 7.91. The van der Waals surface area contributed by atoms with Crippen molar-refractivity contribution < 1.29 is 18.8 Å². The van der Waals surface area contributed by atoms with E-state index < -0.39 is 18.0 Å². The monoisotopic (exact) mass is 335 g/mol. The quantitative estimate of drug-likeness (QED) is 0.777. The molecule has 4 amide bonds. The number of urea groups is 1. The summed E-state index contributed by atoms with van der Waals surface area (Å²) < 4.78 is 13.5. The SMILES string of the molecule is Cc1ccc(CNC(=O)CN2C(=O)NC(CC(C)C)C2=O)cc1F. The van der Waals surface area contributed by atoms with Gasteiger partial charge in [-0.2, -0.15) is 0 Å². The van der Waals surface area contributed by atoms with E-state index in [4.69, 9.17) is 0 Å². The number of amides is 4. The van der Waals surface area contributed by atoms with Crippen molar-refractivity contribution >= 4 is 17.8 Å². The third-order valence-electron chi connectivity index (χ3n) is 3.84. The van der Waals surface area contributed by atoms with Crippen LogP contribution in [-0.2, 0) is 16.1 Å². The molecular formula is C17H22FN3O3. The number of carbonyl (C=O) groups is 3. The first-order valence-corrected chi connectivity index (χ1v) is 7.91. The third-order valence-corrected chi connectivity index (χ3v) is 3.84.